The largest absolute Gasteiger partial charge is 0.379 e. The van der Waals surface area contributed by atoms with Crippen molar-refractivity contribution in [2.24, 2.45) is 5.73 Å². The second kappa shape index (κ2) is 50.2. The molecular weight excluding hydrogens is 675 g/mol. The van der Waals surface area contributed by atoms with Gasteiger partial charge in [-0.2, -0.15) is 0 Å². The van der Waals surface area contributed by atoms with Crippen molar-refractivity contribution in [3.8, 4) is 0 Å². The lowest BCUT2D eigenvalue weighted by Gasteiger charge is -2.18. The molecule has 322 valence electrons. The molecule has 0 spiro atoms. The second-order valence-corrected chi connectivity index (χ2v) is 15.1. The van der Waals surface area contributed by atoms with Crippen molar-refractivity contribution in [2.45, 2.75) is 200 Å². The van der Waals surface area contributed by atoms with E-state index in [2.05, 4.69) is 38.2 Å². The first-order chi connectivity index (χ1) is 26.8. The Bertz CT molecular complexity index is 720. The van der Waals surface area contributed by atoms with Crippen LogP contribution in [0.15, 0.2) is 24.3 Å². The van der Waals surface area contributed by atoms with Gasteiger partial charge in [0.1, 0.15) is 6.10 Å². The van der Waals surface area contributed by atoms with Crippen LogP contribution in [0.1, 0.15) is 194 Å². The maximum Gasteiger partial charge on any atom is 0.104 e. The molecule has 7 nitrogen and oxygen atoms in total. The summed E-state index contributed by atoms with van der Waals surface area (Å²) in [7, 11) is 0. The number of hydrogen-bond donors (Lipinski definition) is 1. The van der Waals surface area contributed by atoms with Gasteiger partial charge >= 0.3 is 0 Å². The van der Waals surface area contributed by atoms with E-state index in [0.29, 0.717) is 66.0 Å². The van der Waals surface area contributed by atoms with Gasteiger partial charge in [-0.05, 0) is 64.2 Å². The normalized spacial score (nSPS) is 12.6. The fourth-order valence-corrected chi connectivity index (χ4v) is 6.37. The number of rotatable bonds is 48. The van der Waals surface area contributed by atoms with Crippen LogP contribution in [0.3, 0.4) is 0 Å². The summed E-state index contributed by atoms with van der Waals surface area (Å²) >= 11 is 0. The Morgan fingerprint density at radius 2 is 0.648 bits per heavy atom. The minimum atomic E-state index is -0.0286. The van der Waals surface area contributed by atoms with E-state index in [9.17, 15) is 0 Å². The second-order valence-electron chi connectivity index (χ2n) is 15.1. The molecule has 0 aromatic heterocycles. The van der Waals surface area contributed by atoms with Gasteiger partial charge < -0.3 is 34.2 Å². The van der Waals surface area contributed by atoms with Gasteiger partial charge in [0.05, 0.1) is 59.5 Å². The van der Waals surface area contributed by atoms with Crippen LogP contribution in [-0.2, 0) is 28.4 Å². The molecule has 0 fully saturated rings. The maximum absolute atomic E-state index is 6.25. The molecule has 0 aliphatic heterocycles. The van der Waals surface area contributed by atoms with Gasteiger partial charge in [0.15, 0.2) is 0 Å². The average molecular weight is 768 g/mol. The summed E-state index contributed by atoms with van der Waals surface area (Å²) in [6.45, 7) is 11.7. The van der Waals surface area contributed by atoms with E-state index >= 15 is 0 Å². The molecule has 0 saturated carbocycles. The van der Waals surface area contributed by atoms with Gasteiger partial charge in [-0.3, -0.25) is 0 Å². The van der Waals surface area contributed by atoms with Gasteiger partial charge in [0.2, 0.25) is 0 Å². The van der Waals surface area contributed by atoms with E-state index in [0.717, 1.165) is 26.1 Å². The highest BCUT2D eigenvalue weighted by molar-refractivity contribution is 4.82. The molecule has 1 atom stereocenters. The summed E-state index contributed by atoms with van der Waals surface area (Å²) in [5, 5.41) is 0. The number of ether oxygens (including phenoxy) is 6. The van der Waals surface area contributed by atoms with Crippen molar-refractivity contribution < 1.29 is 28.4 Å². The summed E-state index contributed by atoms with van der Waals surface area (Å²) in [5.41, 5.74) is 5.42. The quantitative estimate of drug-likeness (QED) is 0.0488. The van der Waals surface area contributed by atoms with E-state index in [1.165, 1.54) is 167 Å². The predicted octanol–water partition coefficient (Wildman–Crippen LogP) is 12.5. The number of hydrogen-bond acceptors (Lipinski definition) is 7. The zero-order valence-electron chi connectivity index (χ0n) is 36.2. The van der Waals surface area contributed by atoms with Gasteiger partial charge in [-0.25, -0.2) is 0 Å². The molecule has 54 heavy (non-hydrogen) atoms. The minimum Gasteiger partial charge on any atom is -0.379 e. The minimum absolute atomic E-state index is 0.0286. The van der Waals surface area contributed by atoms with Crippen molar-refractivity contribution in [1.29, 1.82) is 0 Å². The SMILES string of the molecule is CCCCCCCC/C=C\CCCCCCCCOCC(COCCOCCOCCOCCN)OCCCCCCCC/C=C\CCCCCCCC. The molecule has 0 aromatic rings. The van der Waals surface area contributed by atoms with E-state index in [-0.39, 0.29) is 6.10 Å². The molecule has 1 unspecified atom stereocenters. The fraction of sp³-hybridized carbons (Fsp3) is 0.915. The van der Waals surface area contributed by atoms with Crippen LogP contribution in [0, 0.1) is 0 Å². The molecule has 0 aromatic carbocycles. The number of nitrogens with two attached hydrogens (primary N) is 1. The van der Waals surface area contributed by atoms with Gasteiger partial charge in [-0.1, -0.05) is 154 Å². The number of unbranched alkanes of at least 4 members (excludes halogenated alkanes) is 24. The third kappa shape index (κ3) is 47.4. The Balaban J connectivity index is 3.97. The van der Waals surface area contributed by atoms with Crippen molar-refractivity contribution in [3.05, 3.63) is 24.3 Å². The standard InChI is InChI=1S/C47H93NO6/c1-3-5-7-9-11-13-15-17-19-21-23-25-27-29-31-33-36-52-45-47(46-53-44-43-51-42-41-50-40-39-49-38-35-48)54-37-34-32-30-28-26-24-22-20-18-16-14-12-10-8-6-4-2/h17-20,47H,3-16,21-46,48H2,1-2H3/b19-17-,20-18-. The molecule has 0 aliphatic carbocycles. The fourth-order valence-electron chi connectivity index (χ4n) is 6.37. The third-order valence-electron chi connectivity index (χ3n) is 9.80. The molecule has 0 heterocycles. The molecule has 0 radical (unpaired) electrons. The molecule has 0 rings (SSSR count). The van der Waals surface area contributed by atoms with Crippen molar-refractivity contribution in [2.75, 3.05) is 79.2 Å². The lowest BCUT2D eigenvalue weighted by molar-refractivity contribution is -0.0700. The van der Waals surface area contributed by atoms with E-state index in [1.807, 2.05) is 0 Å². The van der Waals surface area contributed by atoms with E-state index in [4.69, 9.17) is 34.2 Å². The highest BCUT2D eigenvalue weighted by Gasteiger charge is 2.10. The lowest BCUT2D eigenvalue weighted by atomic mass is 10.1. The summed E-state index contributed by atoms with van der Waals surface area (Å²) in [4.78, 5) is 0. The van der Waals surface area contributed by atoms with Crippen LogP contribution < -0.4 is 5.73 Å². The van der Waals surface area contributed by atoms with E-state index in [1.54, 1.807) is 0 Å². The number of allylic oxidation sites excluding steroid dienone is 4. The zero-order chi connectivity index (χ0) is 38.9. The van der Waals surface area contributed by atoms with Crippen LogP contribution >= 0.6 is 0 Å². The summed E-state index contributed by atoms with van der Waals surface area (Å²) in [6, 6.07) is 0. The Labute approximate surface area is 336 Å². The van der Waals surface area contributed by atoms with Gasteiger partial charge in [-0.15, -0.1) is 0 Å². The van der Waals surface area contributed by atoms with Gasteiger partial charge in [0, 0.05) is 19.8 Å². The van der Waals surface area contributed by atoms with Crippen LogP contribution in [0.5, 0.6) is 0 Å². The third-order valence-corrected chi connectivity index (χ3v) is 9.80. The van der Waals surface area contributed by atoms with Crippen LogP contribution in [-0.4, -0.2) is 85.3 Å². The van der Waals surface area contributed by atoms with Crippen LogP contribution in [0.2, 0.25) is 0 Å². The molecule has 7 heteroatoms. The molecule has 0 amide bonds. The summed E-state index contributed by atoms with van der Waals surface area (Å²) < 4.78 is 34.7. The molecular formula is C47H93NO6. The first kappa shape index (κ1) is 53.2. The lowest BCUT2D eigenvalue weighted by Crippen LogP contribution is -2.27. The van der Waals surface area contributed by atoms with Crippen molar-refractivity contribution >= 4 is 0 Å². The molecule has 0 saturated heterocycles. The Morgan fingerprint density at radius 3 is 1.06 bits per heavy atom. The first-order valence-corrected chi connectivity index (χ1v) is 23.3. The first-order valence-electron chi connectivity index (χ1n) is 23.3. The maximum atomic E-state index is 6.25. The van der Waals surface area contributed by atoms with Crippen molar-refractivity contribution in [1.82, 2.24) is 0 Å². The predicted molar refractivity (Wildman–Crippen MR) is 232 cm³/mol. The smallest absolute Gasteiger partial charge is 0.104 e. The highest BCUT2D eigenvalue weighted by atomic mass is 16.6. The van der Waals surface area contributed by atoms with Crippen LogP contribution in [0.25, 0.3) is 0 Å². The Hall–Kier alpha value is -0.800. The Kier molecular flexibility index (Phi) is 49.5. The Morgan fingerprint density at radius 1 is 0.333 bits per heavy atom. The molecule has 0 aliphatic rings. The summed E-state index contributed by atoms with van der Waals surface area (Å²) in [5.74, 6) is 0. The zero-order valence-corrected chi connectivity index (χ0v) is 36.2. The topological polar surface area (TPSA) is 81.4 Å². The van der Waals surface area contributed by atoms with Crippen LogP contribution in [0.4, 0.5) is 0 Å². The summed E-state index contributed by atoms with van der Waals surface area (Å²) in [6.07, 6.45) is 46.5. The van der Waals surface area contributed by atoms with E-state index < -0.39 is 0 Å². The average Bonchev–Trinajstić information content (AvgIpc) is 3.18. The molecule has 2 N–H and O–H groups in total. The molecule has 0 bridgehead atoms. The van der Waals surface area contributed by atoms with Gasteiger partial charge in [0.25, 0.3) is 0 Å². The van der Waals surface area contributed by atoms with Crippen molar-refractivity contribution in [3.63, 3.8) is 0 Å². The monoisotopic (exact) mass is 768 g/mol. The highest BCUT2D eigenvalue weighted by Crippen LogP contribution is 2.12.